The highest BCUT2D eigenvalue weighted by Gasteiger charge is 2.07. The van der Waals surface area contributed by atoms with E-state index in [4.69, 9.17) is 35.4 Å². The first kappa shape index (κ1) is 17.0. The summed E-state index contributed by atoms with van der Waals surface area (Å²) in [6.07, 6.45) is 2.00. The van der Waals surface area contributed by atoms with Crippen molar-refractivity contribution in [1.82, 2.24) is 10.3 Å². The molecule has 1 heterocycles. The van der Waals surface area contributed by atoms with Crippen molar-refractivity contribution in [2.45, 2.75) is 19.8 Å². The molecule has 6 heteroatoms. The molecule has 0 aliphatic rings. The summed E-state index contributed by atoms with van der Waals surface area (Å²) in [5.74, 6) is 0.518. The summed E-state index contributed by atoms with van der Waals surface area (Å²) in [6.45, 7) is 2.60. The Morgan fingerprint density at radius 2 is 1.91 bits per heavy atom. The molecule has 0 unspecified atom stereocenters. The van der Waals surface area contributed by atoms with Gasteiger partial charge in [-0.25, -0.2) is 4.98 Å². The maximum absolute atomic E-state index is 6.09. The maximum atomic E-state index is 6.09. The van der Waals surface area contributed by atoms with Crippen LogP contribution in [-0.4, -0.2) is 16.6 Å². The van der Waals surface area contributed by atoms with E-state index in [2.05, 4.69) is 27.8 Å². The number of nitrogens with zero attached hydrogens (tertiary/aromatic N) is 1. The first-order chi connectivity index (χ1) is 10.6. The van der Waals surface area contributed by atoms with Gasteiger partial charge in [-0.3, -0.25) is 0 Å². The van der Waals surface area contributed by atoms with E-state index < -0.39 is 0 Å². The number of thiocarbonyl (C=S) groups is 1. The summed E-state index contributed by atoms with van der Waals surface area (Å²) < 4.78 is 0. The number of benzene rings is 1. The smallest absolute Gasteiger partial charge is 0.171 e. The van der Waals surface area contributed by atoms with Crippen LogP contribution in [0.2, 0.25) is 10.0 Å². The summed E-state index contributed by atoms with van der Waals surface area (Å²) in [5, 5.41) is 7.64. The van der Waals surface area contributed by atoms with Crippen molar-refractivity contribution < 1.29 is 0 Å². The predicted octanol–water partition coefficient (Wildman–Crippen LogP) is 4.62. The molecule has 0 aliphatic heterocycles. The van der Waals surface area contributed by atoms with Crippen LogP contribution in [0.25, 0.3) is 0 Å². The molecule has 0 saturated carbocycles. The van der Waals surface area contributed by atoms with E-state index in [0.717, 1.165) is 19.4 Å². The van der Waals surface area contributed by atoms with Gasteiger partial charge in [0.25, 0.3) is 0 Å². The van der Waals surface area contributed by atoms with Crippen molar-refractivity contribution in [2.24, 2.45) is 0 Å². The molecule has 1 aromatic heterocycles. The molecule has 0 radical (unpaired) electrons. The molecular formula is C16H17Cl2N3S. The van der Waals surface area contributed by atoms with Crippen molar-refractivity contribution >= 4 is 46.4 Å². The van der Waals surface area contributed by atoms with Crippen molar-refractivity contribution in [3.8, 4) is 0 Å². The minimum atomic E-state index is 0.448. The average molecular weight is 354 g/mol. The Kier molecular flexibility index (Phi) is 6.43. The maximum Gasteiger partial charge on any atom is 0.171 e. The van der Waals surface area contributed by atoms with Crippen LogP contribution in [0.4, 0.5) is 5.82 Å². The van der Waals surface area contributed by atoms with Gasteiger partial charge in [-0.1, -0.05) is 53.5 Å². The summed E-state index contributed by atoms with van der Waals surface area (Å²) in [7, 11) is 0. The van der Waals surface area contributed by atoms with E-state index >= 15 is 0 Å². The van der Waals surface area contributed by atoms with Gasteiger partial charge in [-0.15, -0.1) is 0 Å². The van der Waals surface area contributed by atoms with Crippen molar-refractivity contribution in [3.63, 3.8) is 0 Å². The zero-order valence-corrected chi connectivity index (χ0v) is 14.5. The number of aromatic nitrogens is 1. The van der Waals surface area contributed by atoms with E-state index in [1.54, 1.807) is 6.07 Å². The molecule has 0 aliphatic carbocycles. The number of nitrogens with one attached hydrogen (secondary N) is 2. The molecule has 0 amide bonds. The summed E-state index contributed by atoms with van der Waals surface area (Å²) in [6, 6.07) is 12.0. The van der Waals surface area contributed by atoms with E-state index in [0.29, 0.717) is 26.7 Å². The molecule has 2 aromatic rings. The van der Waals surface area contributed by atoms with Crippen LogP contribution in [0.3, 0.4) is 0 Å². The first-order valence-corrected chi connectivity index (χ1v) is 8.14. The second kappa shape index (κ2) is 8.32. The van der Waals surface area contributed by atoms with Crippen LogP contribution >= 0.6 is 35.4 Å². The number of hydrogen-bond donors (Lipinski definition) is 2. The lowest BCUT2D eigenvalue weighted by atomic mass is 10.1. The summed E-state index contributed by atoms with van der Waals surface area (Å²) in [4.78, 5) is 4.29. The number of anilines is 1. The second-order valence-electron chi connectivity index (χ2n) is 4.86. The molecule has 3 nitrogen and oxygen atoms in total. The van der Waals surface area contributed by atoms with E-state index in [-0.39, 0.29) is 0 Å². The van der Waals surface area contributed by atoms with Crippen LogP contribution in [0.5, 0.6) is 0 Å². The fraction of sp³-hybridized carbons (Fsp3) is 0.250. The zero-order chi connectivity index (χ0) is 15.9. The Morgan fingerprint density at radius 3 is 2.64 bits per heavy atom. The number of halogens is 2. The number of hydrogen-bond acceptors (Lipinski definition) is 2. The van der Waals surface area contributed by atoms with Gasteiger partial charge < -0.3 is 10.6 Å². The highest BCUT2D eigenvalue weighted by atomic mass is 35.5. The number of aryl methyl sites for hydroxylation is 2. The third kappa shape index (κ3) is 5.13. The molecule has 0 atom stereocenters. The zero-order valence-electron chi connectivity index (χ0n) is 12.2. The quantitative estimate of drug-likeness (QED) is 0.607. The second-order valence-corrected chi connectivity index (χ2v) is 6.08. The molecule has 2 rings (SSSR count). The molecule has 1 aromatic carbocycles. The third-order valence-corrected chi connectivity index (χ3v) is 4.02. The van der Waals surface area contributed by atoms with Crippen molar-refractivity contribution in [3.05, 3.63) is 57.7 Å². The topological polar surface area (TPSA) is 37.0 Å². The van der Waals surface area contributed by atoms with Gasteiger partial charge in [0.15, 0.2) is 10.9 Å². The van der Waals surface area contributed by atoms with Gasteiger partial charge in [0, 0.05) is 6.54 Å². The van der Waals surface area contributed by atoms with Crippen LogP contribution in [0.1, 0.15) is 17.7 Å². The SMILES string of the molecule is Cc1nc(NC(=S)NCCCc2ccccc2)c(Cl)cc1Cl. The van der Waals surface area contributed by atoms with Gasteiger partial charge in [0.05, 0.1) is 15.7 Å². The third-order valence-electron chi connectivity index (χ3n) is 3.11. The van der Waals surface area contributed by atoms with Crippen LogP contribution < -0.4 is 10.6 Å². The molecule has 116 valence electrons. The van der Waals surface area contributed by atoms with Gasteiger partial charge in [-0.2, -0.15) is 0 Å². The minimum Gasteiger partial charge on any atom is -0.362 e. The largest absolute Gasteiger partial charge is 0.362 e. The highest BCUT2D eigenvalue weighted by molar-refractivity contribution is 7.80. The Labute approximate surface area is 146 Å². The average Bonchev–Trinajstić information content (AvgIpc) is 2.50. The fourth-order valence-electron chi connectivity index (χ4n) is 1.94. The van der Waals surface area contributed by atoms with Crippen molar-refractivity contribution in [2.75, 3.05) is 11.9 Å². The Hall–Kier alpha value is -1.36. The Balaban J connectivity index is 1.77. The number of pyridine rings is 1. The fourth-order valence-corrected chi connectivity index (χ4v) is 2.54. The summed E-state index contributed by atoms with van der Waals surface area (Å²) >= 11 is 17.3. The first-order valence-electron chi connectivity index (χ1n) is 6.97. The normalized spacial score (nSPS) is 10.3. The van der Waals surface area contributed by atoms with Crippen molar-refractivity contribution in [1.29, 1.82) is 0 Å². The lowest BCUT2D eigenvalue weighted by molar-refractivity contribution is 0.777. The van der Waals surface area contributed by atoms with Crippen LogP contribution in [-0.2, 0) is 6.42 Å². The Morgan fingerprint density at radius 1 is 1.18 bits per heavy atom. The molecule has 0 spiro atoms. The van der Waals surface area contributed by atoms with Gasteiger partial charge in [0.1, 0.15) is 0 Å². The predicted molar refractivity (Wildman–Crippen MR) is 98.0 cm³/mol. The molecule has 0 bridgehead atoms. The molecular weight excluding hydrogens is 337 g/mol. The minimum absolute atomic E-state index is 0.448. The lowest BCUT2D eigenvalue weighted by Gasteiger charge is -2.12. The van der Waals surface area contributed by atoms with Crippen LogP contribution in [0.15, 0.2) is 36.4 Å². The standard InChI is InChI=1S/C16H17Cl2N3S/c1-11-13(17)10-14(18)15(20-11)21-16(22)19-9-5-8-12-6-3-2-4-7-12/h2-4,6-7,10H,5,8-9H2,1H3,(H2,19,20,21,22). The van der Waals surface area contributed by atoms with E-state index in [9.17, 15) is 0 Å². The van der Waals surface area contributed by atoms with E-state index in [1.807, 2.05) is 25.1 Å². The Bertz CT molecular complexity index is 647. The molecule has 22 heavy (non-hydrogen) atoms. The van der Waals surface area contributed by atoms with Gasteiger partial charge >= 0.3 is 0 Å². The molecule has 2 N–H and O–H groups in total. The monoisotopic (exact) mass is 353 g/mol. The lowest BCUT2D eigenvalue weighted by Crippen LogP contribution is -2.30. The number of rotatable bonds is 5. The highest BCUT2D eigenvalue weighted by Crippen LogP contribution is 2.25. The summed E-state index contributed by atoms with van der Waals surface area (Å²) in [5.41, 5.74) is 2.03. The van der Waals surface area contributed by atoms with Crippen LogP contribution in [0, 0.1) is 6.92 Å². The van der Waals surface area contributed by atoms with E-state index in [1.165, 1.54) is 5.56 Å². The molecule has 0 saturated heterocycles. The van der Waals surface area contributed by atoms with Gasteiger partial charge in [0.2, 0.25) is 0 Å². The molecule has 0 fully saturated rings. The van der Waals surface area contributed by atoms with Gasteiger partial charge in [-0.05, 0) is 43.6 Å².